The van der Waals surface area contributed by atoms with Crippen LogP contribution in [0.3, 0.4) is 0 Å². The maximum atomic E-state index is 5.73. The zero-order valence-electron chi connectivity index (χ0n) is 10.4. The highest BCUT2D eigenvalue weighted by Gasteiger charge is 2.23. The smallest absolute Gasteiger partial charge is 0.0678 e. The molecule has 1 N–H and O–H groups in total. The summed E-state index contributed by atoms with van der Waals surface area (Å²) < 4.78 is 11.2. The lowest BCUT2D eigenvalue weighted by molar-refractivity contribution is -0.0694. The number of hydrogen-bond acceptors (Lipinski definition) is 4. The van der Waals surface area contributed by atoms with Gasteiger partial charge in [0.25, 0.3) is 0 Å². The molecule has 0 radical (unpaired) electrons. The summed E-state index contributed by atoms with van der Waals surface area (Å²) in [5.74, 6) is 0. The van der Waals surface area contributed by atoms with Crippen LogP contribution in [0.2, 0.25) is 0 Å². The van der Waals surface area contributed by atoms with Gasteiger partial charge in [-0.05, 0) is 26.8 Å². The molecule has 0 bridgehead atoms. The third-order valence-corrected chi connectivity index (χ3v) is 3.29. The second kappa shape index (κ2) is 5.96. The van der Waals surface area contributed by atoms with Gasteiger partial charge in [-0.2, -0.15) is 0 Å². The van der Waals surface area contributed by atoms with Crippen molar-refractivity contribution in [2.75, 3.05) is 39.4 Å². The standard InChI is InChI=1S/C12H24N2O2/c1-10-7-14(8-11(2)16-10)5-3-12-9-15-6-4-13-12/h10-13H,3-9H2,1-2H3/t10-,11+,12?. The first-order chi connectivity index (χ1) is 7.74. The quantitative estimate of drug-likeness (QED) is 0.761. The van der Waals surface area contributed by atoms with Crippen LogP contribution in [0, 0.1) is 0 Å². The highest BCUT2D eigenvalue weighted by Crippen LogP contribution is 2.11. The van der Waals surface area contributed by atoms with Crippen LogP contribution < -0.4 is 5.32 Å². The summed E-state index contributed by atoms with van der Waals surface area (Å²) in [6.07, 6.45) is 1.93. The summed E-state index contributed by atoms with van der Waals surface area (Å²) in [4.78, 5) is 2.51. The van der Waals surface area contributed by atoms with Crippen molar-refractivity contribution in [3.05, 3.63) is 0 Å². The van der Waals surface area contributed by atoms with E-state index in [4.69, 9.17) is 9.47 Å². The minimum atomic E-state index is 0.374. The van der Waals surface area contributed by atoms with E-state index in [9.17, 15) is 0 Å². The molecular weight excluding hydrogens is 204 g/mol. The van der Waals surface area contributed by atoms with Crippen LogP contribution in [0.15, 0.2) is 0 Å². The molecule has 2 heterocycles. The molecule has 3 atom stereocenters. The number of nitrogens with zero attached hydrogens (tertiary/aromatic N) is 1. The summed E-state index contributed by atoms with van der Waals surface area (Å²) in [5, 5.41) is 3.50. The van der Waals surface area contributed by atoms with Crippen molar-refractivity contribution < 1.29 is 9.47 Å². The second-order valence-corrected chi connectivity index (χ2v) is 5.03. The van der Waals surface area contributed by atoms with E-state index in [0.717, 1.165) is 39.4 Å². The van der Waals surface area contributed by atoms with Gasteiger partial charge < -0.3 is 14.8 Å². The number of morpholine rings is 2. The van der Waals surface area contributed by atoms with Crippen LogP contribution in [0.25, 0.3) is 0 Å². The first kappa shape index (κ1) is 12.3. The molecule has 0 aromatic heterocycles. The van der Waals surface area contributed by atoms with Crippen LogP contribution >= 0.6 is 0 Å². The molecule has 94 valence electrons. The predicted octanol–water partition coefficient (Wildman–Crippen LogP) is 0.474. The maximum absolute atomic E-state index is 5.73. The van der Waals surface area contributed by atoms with Crippen molar-refractivity contribution in [2.24, 2.45) is 0 Å². The summed E-state index contributed by atoms with van der Waals surface area (Å²) in [5.41, 5.74) is 0. The average molecular weight is 228 g/mol. The van der Waals surface area contributed by atoms with Crippen molar-refractivity contribution in [1.82, 2.24) is 10.2 Å². The van der Waals surface area contributed by atoms with Gasteiger partial charge in [-0.15, -0.1) is 0 Å². The molecule has 1 unspecified atom stereocenters. The minimum Gasteiger partial charge on any atom is -0.379 e. The van der Waals surface area contributed by atoms with Gasteiger partial charge in [0.05, 0.1) is 25.4 Å². The fourth-order valence-corrected chi connectivity index (χ4v) is 2.61. The molecule has 4 nitrogen and oxygen atoms in total. The molecule has 2 saturated heterocycles. The first-order valence-electron chi connectivity index (χ1n) is 6.43. The molecule has 0 aromatic rings. The fraction of sp³-hybridized carbons (Fsp3) is 1.00. The van der Waals surface area contributed by atoms with Crippen molar-refractivity contribution >= 4 is 0 Å². The minimum absolute atomic E-state index is 0.374. The number of nitrogens with one attached hydrogen (secondary N) is 1. The van der Waals surface area contributed by atoms with Gasteiger partial charge in [0.1, 0.15) is 0 Å². The largest absolute Gasteiger partial charge is 0.379 e. The molecule has 0 spiro atoms. The van der Waals surface area contributed by atoms with Crippen molar-refractivity contribution in [3.8, 4) is 0 Å². The SMILES string of the molecule is C[C@@H]1CN(CCC2COCCN2)C[C@H](C)O1. The third kappa shape index (κ3) is 3.70. The first-order valence-corrected chi connectivity index (χ1v) is 6.43. The molecule has 4 heteroatoms. The van der Waals surface area contributed by atoms with E-state index >= 15 is 0 Å². The lowest BCUT2D eigenvalue weighted by atomic mass is 10.1. The highest BCUT2D eigenvalue weighted by molar-refractivity contribution is 4.76. The monoisotopic (exact) mass is 228 g/mol. The lowest BCUT2D eigenvalue weighted by Crippen LogP contribution is -2.48. The molecule has 0 aromatic carbocycles. The number of rotatable bonds is 3. The Morgan fingerprint density at radius 3 is 2.62 bits per heavy atom. The molecular formula is C12H24N2O2. The van der Waals surface area contributed by atoms with E-state index in [1.807, 2.05) is 0 Å². The summed E-state index contributed by atoms with van der Waals surface area (Å²) in [6, 6.07) is 0.544. The van der Waals surface area contributed by atoms with E-state index in [1.54, 1.807) is 0 Å². The van der Waals surface area contributed by atoms with Crippen LogP contribution in [-0.2, 0) is 9.47 Å². The van der Waals surface area contributed by atoms with Gasteiger partial charge in [-0.3, -0.25) is 4.90 Å². The van der Waals surface area contributed by atoms with Gasteiger partial charge in [-0.25, -0.2) is 0 Å². The summed E-state index contributed by atoms with van der Waals surface area (Å²) in [7, 11) is 0. The third-order valence-electron chi connectivity index (χ3n) is 3.29. The Labute approximate surface area is 98.3 Å². The predicted molar refractivity (Wildman–Crippen MR) is 63.7 cm³/mol. The molecule has 2 aliphatic rings. The van der Waals surface area contributed by atoms with E-state index in [-0.39, 0.29) is 0 Å². The Bertz CT molecular complexity index is 197. The number of hydrogen-bond donors (Lipinski definition) is 1. The topological polar surface area (TPSA) is 33.7 Å². The van der Waals surface area contributed by atoms with Crippen LogP contribution in [-0.4, -0.2) is 62.5 Å². The highest BCUT2D eigenvalue weighted by atomic mass is 16.5. The Morgan fingerprint density at radius 1 is 1.25 bits per heavy atom. The van der Waals surface area contributed by atoms with Gasteiger partial charge in [0.2, 0.25) is 0 Å². The van der Waals surface area contributed by atoms with Gasteiger partial charge in [-0.1, -0.05) is 0 Å². The second-order valence-electron chi connectivity index (χ2n) is 5.03. The molecule has 0 saturated carbocycles. The van der Waals surface area contributed by atoms with Crippen molar-refractivity contribution in [2.45, 2.75) is 38.5 Å². The molecule has 2 fully saturated rings. The van der Waals surface area contributed by atoms with Gasteiger partial charge in [0, 0.05) is 25.7 Å². The zero-order chi connectivity index (χ0) is 11.4. The molecule has 16 heavy (non-hydrogen) atoms. The summed E-state index contributed by atoms with van der Waals surface area (Å²) in [6.45, 7) is 10.3. The van der Waals surface area contributed by atoms with Crippen molar-refractivity contribution in [1.29, 1.82) is 0 Å². The lowest BCUT2D eigenvalue weighted by Gasteiger charge is -2.36. The summed E-state index contributed by atoms with van der Waals surface area (Å²) >= 11 is 0. The Balaban J connectivity index is 1.68. The Morgan fingerprint density at radius 2 is 2.00 bits per heavy atom. The number of ether oxygens (including phenoxy) is 2. The van der Waals surface area contributed by atoms with E-state index in [0.29, 0.717) is 18.2 Å². The molecule has 0 aliphatic carbocycles. The molecule has 0 amide bonds. The zero-order valence-corrected chi connectivity index (χ0v) is 10.4. The molecule has 2 aliphatic heterocycles. The van der Waals surface area contributed by atoms with Gasteiger partial charge in [0.15, 0.2) is 0 Å². The Kier molecular flexibility index (Phi) is 4.58. The fourth-order valence-electron chi connectivity index (χ4n) is 2.61. The van der Waals surface area contributed by atoms with Crippen LogP contribution in [0.5, 0.6) is 0 Å². The normalized spacial score (nSPS) is 37.5. The van der Waals surface area contributed by atoms with Gasteiger partial charge >= 0.3 is 0 Å². The average Bonchev–Trinajstić information content (AvgIpc) is 2.27. The van der Waals surface area contributed by atoms with E-state index < -0.39 is 0 Å². The van der Waals surface area contributed by atoms with E-state index in [2.05, 4.69) is 24.1 Å². The van der Waals surface area contributed by atoms with E-state index in [1.165, 1.54) is 6.42 Å². The Hall–Kier alpha value is -0.160. The molecule has 2 rings (SSSR count). The van der Waals surface area contributed by atoms with Crippen LogP contribution in [0.4, 0.5) is 0 Å². The maximum Gasteiger partial charge on any atom is 0.0678 e. The van der Waals surface area contributed by atoms with Crippen molar-refractivity contribution in [3.63, 3.8) is 0 Å². The van der Waals surface area contributed by atoms with Crippen LogP contribution in [0.1, 0.15) is 20.3 Å².